The standard InChI is InChI=1S/C13H24N2O4/c1-8(2)11(12(17)18)14-13(19)15-6-4-10(5-7-15)9(3)16/h8-11,16H,4-7H2,1-3H3,(H,14,19)(H,17,18)/t9?,11-/m0/s1. The third kappa shape index (κ3) is 4.38. The van der Waals surface area contributed by atoms with Crippen LogP contribution in [-0.2, 0) is 4.79 Å². The number of carbonyl (C=O) groups excluding carboxylic acids is 1. The topological polar surface area (TPSA) is 89.9 Å². The van der Waals surface area contributed by atoms with E-state index in [-0.39, 0.29) is 24.0 Å². The predicted octanol–water partition coefficient (Wildman–Crippen LogP) is 0.898. The molecule has 110 valence electrons. The van der Waals surface area contributed by atoms with Gasteiger partial charge in [-0.3, -0.25) is 0 Å². The minimum absolute atomic E-state index is 0.156. The largest absolute Gasteiger partial charge is 0.480 e. The first-order valence-electron chi connectivity index (χ1n) is 6.79. The molecule has 1 aliphatic heterocycles. The van der Waals surface area contributed by atoms with Crippen LogP contribution in [0.2, 0.25) is 0 Å². The lowest BCUT2D eigenvalue weighted by Crippen LogP contribution is -2.52. The monoisotopic (exact) mass is 272 g/mol. The Bertz CT molecular complexity index is 323. The zero-order valence-electron chi connectivity index (χ0n) is 11.8. The van der Waals surface area contributed by atoms with Crippen molar-refractivity contribution < 1.29 is 19.8 Å². The molecule has 0 radical (unpaired) electrons. The first kappa shape index (κ1) is 15.8. The first-order chi connectivity index (χ1) is 8.82. The molecule has 0 aromatic heterocycles. The zero-order valence-corrected chi connectivity index (χ0v) is 11.8. The third-order valence-electron chi connectivity index (χ3n) is 3.72. The zero-order chi connectivity index (χ0) is 14.6. The van der Waals surface area contributed by atoms with Crippen LogP contribution in [0.15, 0.2) is 0 Å². The summed E-state index contributed by atoms with van der Waals surface area (Å²) in [6, 6.07) is -1.19. The molecule has 1 saturated heterocycles. The summed E-state index contributed by atoms with van der Waals surface area (Å²) in [5, 5.41) is 21.1. The smallest absolute Gasteiger partial charge is 0.326 e. The van der Waals surface area contributed by atoms with E-state index in [2.05, 4.69) is 5.32 Å². The number of aliphatic hydroxyl groups is 1. The average molecular weight is 272 g/mol. The second-order valence-electron chi connectivity index (χ2n) is 5.57. The Hall–Kier alpha value is -1.30. The number of urea groups is 1. The van der Waals surface area contributed by atoms with Crippen LogP contribution < -0.4 is 5.32 Å². The van der Waals surface area contributed by atoms with Gasteiger partial charge in [0.2, 0.25) is 0 Å². The lowest BCUT2D eigenvalue weighted by atomic mass is 9.92. The lowest BCUT2D eigenvalue weighted by Gasteiger charge is -2.34. The minimum Gasteiger partial charge on any atom is -0.480 e. The number of piperidine rings is 1. The van der Waals surface area contributed by atoms with E-state index in [0.29, 0.717) is 13.1 Å². The fourth-order valence-corrected chi connectivity index (χ4v) is 2.32. The highest BCUT2D eigenvalue weighted by molar-refractivity contribution is 5.82. The van der Waals surface area contributed by atoms with E-state index in [1.54, 1.807) is 25.7 Å². The van der Waals surface area contributed by atoms with E-state index in [1.165, 1.54) is 0 Å². The number of carboxylic acids is 1. The SMILES string of the molecule is CC(O)C1CCN(C(=O)N[C@H](C(=O)O)C(C)C)CC1. The number of nitrogens with zero attached hydrogens (tertiary/aromatic N) is 1. The normalized spacial score (nSPS) is 20.2. The Kier molecular flexibility index (Phi) is 5.60. The Morgan fingerprint density at radius 3 is 2.11 bits per heavy atom. The summed E-state index contributed by atoms with van der Waals surface area (Å²) >= 11 is 0. The number of aliphatic carboxylic acids is 1. The molecule has 0 aromatic rings. The number of hydrogen-bond acceptors (Lipinski definition) is 3. The molecule has 0 aliphatic carbocycles. The summed E-state index contributed by atoms with van der Waals surface area (Å²) in [5.41, 5.74) is 0. The van der Waals surface area contributed by atoms with Crippen molar-refractivity contribution in [3.63, 3.8) is 0 Å². The summed E-state index contributed by atoms with van der Waals surface area (Å²) in [6.07, 6.45) is 1.15. The van der Waals surface area contributed by atoms with Gasteiger partial charge in [-0.15, -0.1) is 0 Å². The number of carboxylic acid groups (broad SMARTS) is 1. The number of hydrogen-bond donors (Lipinski definition) is 3. The first-order valence-corrected chi connectivity index (χ1v) is 6.79. The second-order valence-corrected chi connectivity index (χ2v) is 5.57. The van der Waals surface area contributed by atoms with Crippen molar-refractivity contribution in [3.05, 3.63) is 0 Å². The van der Waals surface area contributed by atoms with Crippen molar-refractivity contribution in [2.45, 2.75) is 45.8 Å². The molecular weight excluding hydrogens is 248 g/mol. The molecule has 1 rings (SSSR count). The molecule has 2 amide bonds. The van der Waals surface area contributed by atoms with Crippen molar-refractivity contribution >= 4 is 12.0 Å². The summed E-state index contributed by atoms with van der Waals surface area (Å²) in [4.78, 5) is 24.6. The maximum Gasteiger partial charge on any atom is 0.326 e. The molecule has 1 fully saturated rings. The predicted molar refractivity (Wildman–Crippen MR) is 70.8 cm³/mol. The summed E-state index contributed by atoms with van der Waals surface area (Å²) < 4.78 is 0. The highest BCUT2D eigenvalue weighted by atomic mass is 16.4. The number of rotatable bonds is 4. The van der Waals surface area contributed by atoms with E-state index in [4.69, 9.17) is 5.11 Å². The Balaban J connectivity index is 2.49. The summed E-state index contributed by atoms with van der Waals surface area (Å²) in [7, 11) is 0. The van der Waals surface area contributed by atoms with Gasteiger partial charge in [0.05, 0.1) is 6.10 Å². The summed E-state index contributed by atoms with van der Waals surface area (Å²) in [5.74, 6) is -0.942. The van der Waals surface area contributed by atoms with Crippen LogP contribution in [-0.4, -0.2) is 52.3 Å². The van der Waals surface area contributed by atoms with Crippen LogP contribution >= 0.6 is 0 Å². The van der Waals surface area contributed by atoms with Crippen molar-refractivity contribution in [2.24, 2.45) is 11.8 Å². The number of nitrogens with one attached hydrogen (secondary N) is 1. The molecule has 19 heavy (non-hydrogen) atoms. The maximum absolute atomic E-state index is 12.0. The number of carbonyl (C=O) groups is 2. The third-order valence-corrected chi connectivity index (χ3v) is 3.72. The molecule has 6 nitrogen and oxygen atoms in total. The average Bonchev–Trinajstić information content (AvgIpc) is 2.34. The Morgan fingerprint density at radius 2 is 1.74 bits per heavy atom. The molecule has 1 unspecified atom stereocenters. The molecule has 0 aromatic carbocycles. The maximum atomic E-state index is 12.0. The van der Waals surface area contributed by atoms with Crippen LogP contribution in [0.3, 0.4) is 0 Å². The van der Waals surface area contributed by atoms with E-state index in [1.807, 2.05) is 0 Å². The Labute approximate surface area is 113 Å². The van der Waals surface area contributed by atoms with Crippen molar-refractivity contribution in [1.82, 2.24) is 10.2 Å². The van der Waals surface area contributed by atoms with Crippen molar-refractivity contribution in [2.75, 3.05) is 13.1 Å². The molecule has 0 saturated carbocycles. The van der Waals surface area contributed by atoms with Gasteiger partial charge < -0.3 is 20.4 Å². The number of likely N-dealkylation sites (tertiary alicyclic amines) is 1. The van der Waals surface area contributed by atoms with Gasteiger partial charge in [-0.25, -0.2) is 9.59 Å². The van der Waals surface area contributed by atoms with E-state index in [0.717, 1.165) is 12.8 Å². The van der Waals surface area contributed by atoms with Gasteiger partial charge in [0.15, 0.2) is 0 Å². The van der Waals surface area contributed by atoms with E-state index < -0.39 is 12.0 Å². The van der Waals surface area contributed by atoms with Crippen LogP contribution in [0.25, 0.3) is 0 Å². The highest BCUT2D eigenvalue weighted by Crippen LogP contribution is 2.20. The molecular formula is C13H24N2O4. The second kappa shape index (κ2) is 6.75. The van der Waals surface area contributed by atoms with Crippen LogP contribution in [0.4, 0.5) is 4.79 Å². The molecule has 1 aliphatic rings. The highest BCUT2D eigenvalue weighted by Gasteiger charge is 2.29. The fraction of sp³-hybridized carbons (Fsp3) is 0.846. The molecule has 0 spiro atoms. The number of aliphatic hydroxyl groups excluding tert-OH is 1. The number of amides is 2. The lowest BCUT2D eigenvalue weighted by molar-refractivity contribution is -0.140. The van der Waals surface area contributed by atoms with Gasteiger partial charge >= 0.3 is 12.0 Å². The quantitative estimate of drug-likeness (QED) is 0.709. The van der Waals surface area contributed by atoms with E-state index >= 15 is 0 Å². The van der Waals surface area contributed by atoms with Gasteiger partial charge in [-0.2, -0.15) is 0 Å². The van der Waals surface area contributed by atoms with Crippen molar-refractivity contribution in [1.29, 1.82) is 0 Å². The molecule has 6 heteroatoms. The molecule has 3 N–H and O–H groups in total. The van der Waals surface area contributed by atoms with Crippen LogP contribution in [0.1, 0.15) is 33.6 Å². The van der Waals surface area contributed by atoms with Gasteiger partial charge in [0, 0.05) is 13.1 Å². The fourth-order valence-electron chi connectivity index (χ4n) is 2.32. The van der Waals surface area contributed by atoms with Crippen molar-refractivity contribution in [3.8, 4) is 0 Å². The van der Waals surface area contributed by atoms with Crippen LogP contribution in [0.5, 0.6) is 0 Å². The molecule has 2 atom stereocenters. The van der Waals surface area contributed by atoms with Gasteiger partial charge in [-0.05, 0) is 31.6 Å². The van der Waals surface area contributed by atoms with Gasteiger partial charge in [0.25, 0.3) is 0 Å². The molecule has 1 heterocycles. The van der Waals surface area contributed by atoms with Crippen LogP contribution in [0, 0.1) is 11.8 Å². The Morgan fingerprint density at radius 1 is 1.21 bits per heavy atom. The summed E-state index contributed by atoms with van der Waals surface area (Å²) in [6.45, 7) is 6.41. The molecule has 0 bridgehead atoms. The minimum atomic E-state index is -1.01. The van der Waals surface area contributed by atoms with Gasteiger partial charge in [-0.1, -0.05) is 13.8 Å². The van der Waals surface area contributed by atoms with E-state index in [9.17, 15) is 14.7 Å². The van der Waals surface area contributed by atoms with Gasteiger partial charge in [0.1, 0.15) is 6.04 Å².